The first-order chi connectivity index (χ1) is 24.7. The highest BCUT2D eigenvalue weighted by atomic mass is 31.2. The van der Waals surface area contributed by atoms with Crippen LogP contribution in [0.3, 0.4) is 0 Å². The number of aryl methyl sites for hydroxylation is 1. The number of unbranched alkanes of at least 4 members (excludes halogenated alkanes) is 1. The Labute approximate surface area is 302 Å². The number of allylic oxidation sites excluding steroid dienone is 10. The van der Waals surface area contributed by atoms with Gasteiger partial charge in [-0.3, -0.25) is 23.7 Å². The van der Waals surface area contributed by atoms with Crippen LogP contribution in [0.15, 0.2) is 107 Å². The highest BCUT2D eigenvalue weighted by Gasteiger charge is 2.37. The average molecular weight is 723 g/mol. The zero-order valence-electron chi connectivity index (χ0n) is 30.2. The zero-order chi connectivity index (χ0) is 36.7. The van der Waals surface area contributed by atoms with E-state index in [1.54, 1.807) is 31.2 Å². The first-order valence-electron chi connectivity index (χ1n) is 17.9. The second-order valence-electron chi connectivity index (χ2n) is 12.4. The number of amides is 1. The Bertz CT molecular complexity index is 1640. The molecule has 1 amide bonds. The van der Waals surface area contributed by atoms with Gasteiger partial charge in [-0.15, -0.1) is 0 Å². The van der Waals surface area contributed by atoms with Gasteiger partial charge in [-0.1, -0.05) is 92.8 Å². The van der Waals surface area contributed by atoms with Crippen LogP contribution < -0.4 is 26.2 Å². The van der Waals surface area contributed by atoms with E-state index in [-0.39, 0.29) is 31.5 Å². The number of aromatic nitrogens is 2. The summed E-state index contributed by atoms with van der Waals surface area (Å²) in [6, 6.07) is 8.68. The number of benzene rings is 1. The highest BCUT2D eigenvalue weighted by Crippen LogP contribution is 2.45. The third kappa shape index (κ3) is 16.2. The van der Waals surface area contributed by atoms with Crippen LogP contribution >= 0.6 is 7.75 Å². The fourth-order valence-corrected chi connectivity index (χ4v) is 6.51. The SMILES string of the molecule is CCC=CCC=CCC=CCC=CCC=CCCCC(=O)NCCNP(=O)(OCC1OC(n2cc(C)c(=O)[nH]c2=O)CC1C)Oc1ccccc1. The van der Waals surface area contributed by atoms with Crippen molar-refractivity contribution in [3.05, 3.63) is 124 Å². The van der Waals surface area contributed by atoms with Crippen LogP contribution in [0.4, 0.5) is 0 Å². The molecule has 0 spiro atoms. The molecule has 0 radical (unpaired) electrons. The third-order valence-corrected chi connectivity index (χ3v) is 9.61. The van der Waals surface area contributed by atoms with E-state index >= 15 is 0 Å². The van der Waals surface area contributed by atoms with Gasteiger partial charge in [0.15, 0.2) is 0 Å². The van der Waals surface area contributed by atoms with E-state index in [9.17, 15) is 18.9 Å². The molecular weight excluding hydrogens is 667 g/mol. The van der Waals surface area contributed by atoms with Crippen molar-refractivity contribution in [1.29, 1.82) is 0 Å². The van der Waals surface area contributed by atoms with Gasteiger partial charge in [-0.25, -0.2) is 14.4 Å². The van der Waals surface area contributed by atoms with Crippen molar-refractivity contribution < 1.29 is 23.1 Å². The number of nitrogens with one attached hydrogen (secondary N) is 3. The quantitative estimate of drug-likeness (QED) is 0.0605. The van der Waals surface area contributed by atoms with Crippen molar-refractivity contribution in [1.82, 2.24) is 20.0 Å². The molecule has 1 aromatic heterocycles. The van der Waals surface area contributed by atoms with Crippen LogP contribution in [0.2, 0.25) is 0 Å². The Morgan fingerprint density at radius 2 is 1.59 bits per heavy atom. The first-order valence-corrected chi connectivity index (χ1v) is 19.5. The minimum absolute atomic E-state index is 0.0341. The van der Waals surface area contributed by atoms with Gasteiger partial charge in [0.2, 0.25) is 5.91 Å². The summed E-state index contributed by atoms with van der Waals surface area (Å²) < 4.78 is 32.8. The van der Waals surface area contributed by atoms with E-state index < -0.39 is 31.3 Å². The van der Waals surface area contributed by atoms with E-state index in [1.165, 1.54) is 10.8 Å². The molecular formula is C39H55N4O7P. The van der Waals surface area contributed by atoms with Crippen LogP contribution in [0, 0.1) is 12.8 Å². The molecule has 1 saturated heterocycles. The molecule has 3 N–H and O–H groups in total. The van der Waals surface area contributed by atoms with Crippen molar-refractivity contribution >= 4 is 13.7 Å². The van der Waals surface area contributed by atoms with Crippen molar-refractivity contribution in [2.45, 2.75) is 90.9 Å². The molecule has 11 nitrogen and oxygen atoms in total. The number of aromatic amines is 1. The lowest BCUT2D eigenvalue weighted by molar-refractivity contribution is -0.121. The molecule has 1 aromatic carbocycles. The number of nitrogens with zero attached hydrogens (tertiary/aromatic N) is 1. The average Bonchev–Trinajstić information content (AvgIpc) is 3.49. The minimum atomic E-state index is -3.87. The summed E-state index contributed by atoms with van der Waals surface area (Å²) in [7, 11) is -3.87. The summed E-state index contributed by atoms with van der Waals surface area (Å²) in [4.78, 5) is 38.9. The minimum Gasteiger partial charge on any atom is -0.413 e. The van der Waals surface area contributed by atoms with Crippen LogP contribution in [0.1, 0.15) is 83.4 Å². The van der Waals surface area contributed by atoms with Gasteiger partial charge >= 0.3 is 13.4 Å². The second-order valence-corrected chi connectivity index (χ2v) is 14.1. The lowest BCUT2D eigenvalue weighted by Crippen LogP contribution is -2.34. The summed E-state index contributed by atoms with van der Waals surface area (Å²) in [5.74, 6) is 0.241. The summed E-state index contributed by atoms with van der Waals surface area (Å²) in [6.07, 6.45) is 29.3. The molecule has 2 aromatic rings. The molecule has 12 heteroatoms. The molecule has 51 heavy (non-hydrogen) atoms. The maximum absolute atomic E-state index is 13.8. The predicted molar refractivity (Wildman–Crippen MR) is 204 cm³/mol. The molecule has 1 aliphatic heterocycles. The number of rotatable bonds is 23. The number of carbonyl (C=O) groups excluding carboxylic acids is 1. The lowest BCUT2D eigenvalue weighted by Gasteiger charge is -2.23. The number of para-hydroxylation sites is 1. The first kappa shape index (κ1) is 41.4. The van der Waals surface area contributed by atoms with E-state index in [0.29, 0.717) is 24.2 Å². The maximum atomic E-state index is 13.8. The molecule has 3 rings (SSSR count). The van der Waals surface area contributed by atoms with Crippen molar-refractivity contribution in [2.75, 3.05) is 19.7 Å². The van der Waals surface area contributed by atoms with Gasteiger partial charge in [0.25, 0.3) is 5.56 Å². The Hall–Kier alpha value is -4.02. The Balaban J connectivity index is 1.35. The number of hydrogen-bond acceptors (Lipinski definition) is 7. The van der Waals surface area contributed by atoms with E-state index in [2.05, 4.69) is 83.1 Å². The molecule has 1 aliphatic rings. The monoisotopic (exact) mass is 722 g/mol. The molecule has 0 aliphatic carbocycles. The lowest BCUT2D eigenvalue weighted by atomic mass is 10.0. The Morgan fingerprint density at radius 3 is 2.24 bits per heavy atom. The van der Waals surface area contributed by atoms with Gasteiger partial charge in [0.1, 0.15) is 12.0 Å². The van der Waals surface area contributed by atoms with Crippen LogP contribution in [-0.4, -0.2) is 41.3 Å². The number of H-pyrrole nitrogens is 1. The second kappa shape index (κ2) is 23.5. The number of carbonyl (C=O) groups is 1. The van der Waals surface area contributed by atoms with Gasteiger partial charge in [-0.2, -0.15) is 0 Å². The number of hydrogen-bond donors (Lipinski definition) is 3. The van der Waals surface area contributed by atoms with Crippen LogP contribution in [0.5, 0.6) is 5.75 Å². The van der Waals surface area contributed by atoms with Gasteiger partial charge in [0.05, 0.1) is 12.7 Å². The van der Waals surface area contributed by atoms with Crippen LogP contribution in [0.25, 0.3) is 0 Å². The topological polar surface area (TPSA) is 141 Å². The van der Waals surface area contributed by atoms with Crippen molar-refractivity contribution in [3.8, 4) is 5.75 Å². The van der Waals surface area contributed by atoms with Crippen LogP contribution in [-0.2, 0) is 18.6 Å². The molecule has 4 atom stereocenters. The molecule has 1 fully saturated rings. The van der Waals surface area contributed by atoms with E-state index in [4.69, 9.17) is 13.8 Å². The maximum Gasteiger partial charge on any atom is 0.458 e. The van der Waals surface area contributed by atoms with Gasteiger partial charge in [0, 0.05) is 31.3 Å². The zero-order valence-corrected chi connectivity index (χ0v) is 31.1. The molecule has 0 saturated carbocycles. The number of ether oxygens (including phenoxy) is 1. The Morgan fingerprint density at radius 1 is 0.961 bits per heavy atom. The smallest absolute Gasteiger partial charge is 0.413 e. The van der Waals surface area contributed by atoms with Crippen molar-refractivity contribution in [3.63, 3.8) is 0 Å². The predicted octanol–water partition coefficient (Wildman–Crippen LogP) is 7.60. The van der Waals surface area contributed by atoms with E-state index in [0.717, 1.165) is 44.9 Å². The summed E-state index contributed by atoms with van der Waals surface area (Å²) in [6.45, 7) is 6.03. The Kier molecular flexibility index (Phi) is 19.0. The molecule has 4 unspecified atom stereocenters. The summed E-state index contributed by atoms with van der Waals surface area (Å²) in [5, 5.41) is 5.70. The molecule has 2 heterocycles. The summed E-state index contributed by atoms with van der Waals surface area (Å²) in [5.41, 5.74) is -0.599. The van der Waals surface area contributed by atoms with Gasteiger partial charge in [-0.05, 0) is 76.3 Å². The third-order valence-electron chi connectivity index (χ3n) is 8.06. The van der Waals surface area contributed by atoms with Crippen molar-refractivity contribution in [2.24, 2.45) is 5.92 Å². The normalized spacial score (nSPS) is 19.2. The largest absolute Gasteiger partial charge is 0.458 e. The molecule has 278 valence electrons. The summed E-state index contributed by atoms with van der Waals surface area (Å²) >= 11 is 0. The fourth-order valence-electron chi connectivity index (χ4n) is 5.17. The standard InChI is InChI=1S/C39H55N4O7P/c1-4-5-6-7-8-9-10-11-12-13-14-15-16-17-18-19-23-26-36(44)40-27-28-41-51(47,50-34-24-21-20-22-25-34)48-31-35-32(2)29-37(49-35)43-30-33(3)38(45)42-39(43)46/h5-6,8-9,11-12,14-15,17-18,20-22,24-25,30,32,35,37H,4,7,10,13,16,19,23,26-29,31H2,1-3H3,(H,40,44)(H,41,47)(H,42,45,46). The molecule has 0 bridgehead atoms. The fraction of sp³-hybridized carbons (Fsp3) is 0.462. The van der Waals surface area contributed by atoms with Gasteiger partial charge < -0.3 is 14.6 Å². The van der Waals surface area contributed by atoms with E-state index in [1.807, 2.05) is 13.0 Å². The highest BCUT2D eigenvalue weighted by molar-refractivity contribution is 7.52.